The number of methoxy groups -OCH3 is 2. The van der Waals surface area contributed by atoms with Crippen molar-refractivity contribution in [2.24, 2.45) is 0 Å². The van der Waals surface area contributed by atoms with Crippen molar-refractivity contribution in [1.82, 2.24) is 9.97 Å². The Balaban J connectivity index is 2.57. The lowest BCUT2D eigenvalue weighted by atomic mass is 10.2. The van der Waals surface area contributed by atoms with Crippen LogP contribution in [0.5, 0.6) is 5.75 Å². The first-order valence-electron chi connectivity index (χ1n) is 6.63. The zero-order valence-electron chi connectivity index (χ0n) is 12.3. The van der Waals surface area contributed by atoms with Gasteiger partial charge < -0.3 is 14.8 Å². The molecule has 2 aromatic rings. The summed E-state index contributed by atoms with van der Waals surface area (Å²) >= 11 is 3.53. The monoisotopic (exact) mass is 351 g/mol. The highest BCUT2D eigenvalue weighted by Crippen LogP contribution is 2.31. The van der Waals surface area contributed by atoms with Gasteiger partial charge >= 0.3 is 0 Å². The number of aromatic nitrogens is 2. The molecule has 1 aromatic heterocycles. The van der Waals surface area contributed by atoms with E-state index < -0.39 is 0 Å². The summed E-state index contributed by atoms with van der Waals surface area (Å²) in [4.78, 5) is 9.16. The molecule has 0 saturated carbocycles. The Morgan fingerprint density at radius 3 is 2.62 bits per heavy atom. The number of para-hydroxylation sites is 1. The van der Waals surface area contributed by atoms with Crippen molar-refractivity contribution in [2.75, 3.05) is 26.1 Å². The summed E-state index contributed by atoms with van der Waals surface area (Å²) in [6.45, 7) is 3.20. The van der Waals surface area contributed by atoms with Gasteiger partial charge in [0.05, 0.1) is 29.4 Å². The highest BCUT2D eigenvalue weighted by molar-refractivity contribution is 9.10. The average Bonchev–Trinajstić information content (AvgIpc) is 2.51. The Labute approximate surface area is 132 Å². The van der Waals surface area contributed by atoms with E-state index >= 15 is 0 Å². The lowest BCUT2D eigenvalue weighted by Crippen LogP contribution is -2.07. The Morgan fingerprint density at radius 1 is 1.19 bits per heavy atom. The number of halogens is 1. The Morgan fingerprint density at radius 2 is 1.95 bits per heavy atom. The molecule has 1 heterocycles. The van der Waals surface area contributed by atoms with Gasteiger partial charge in [0.1, 0.15) is 11.6 Å². The van der Waals surface area contributed by atoms with Crippen molar-refractivity contribution >= 4 is 21.7 Å². The zero-order valence-corrected chi connectivity index (χ0v) is 13.9. The van der Waals surface area contributed by atoms with E-state index in [4.69, 9.17) is 9.47 Å². The van der Waals surface area contributed by atoms with Crippen molar-refractivity contribution in [3.05, 3.63) is 34.4 Å². The fraction of sp³-hybridized carbons (Fsp3) is 0.333. The number of nitrogens with one attached hydrogen (secondary N) is 1. The fourth-order valence-electron chi connectivity index (χ4n) is 1.96. The summed E-state index contributed by atoms with van der Waals surface area (Å²) in [5.74, 6) is 2.10. The highest BCUT2D eigenvalue weighted by atomic mass is 79.9. The minimum atomic E-state index is 0.406. The topological polar surface area (TPSA) is 56.3 Å². The number of anilines is 1. The molecule has 0 amide bonds. The molecule has 0 spiro atoms. The molecular formula is C15H18BrN3O2. The van der Waals surface area contributed by atoms with E-state index in [1.165, 1.54) is 0 Å². The SMILES string of the molecule is CCNc1nc(-c2ccccc2OC)nc(COC)c1Br. The summed E-state index contributed by atoms with van der Waals surface area (Å²) in [5, 5.41) is 3.23. The quantitative estimate of drug-likeness (QED) is 0.863. The van der Waals surface area contributed by atoms with Gasteiger partial charge in [0.15, 0.2) is 5.82 Å². The lowest BCUT2D eigenvalue weighted by molar-refractivity contribution is 0.181. The second kappa shape index (κ2) is 7.38. The van der Waals surface area contributed by atoms with E-state index in [1.807, 2.05) is 31.2 Å². The van der Waals surface area contributed by atoms with Crippen molar-refractivity contribution in [1.29, 1.82) is 0 Å². The molecule has 5 nitrogen and oxygen atoms in total. The first-order chi connectivity index (χ1) is 10.2. The van der Waals surface area contributed by atoms with Crippen molar-refractivity contribution in [3.63, 3.8) is 0 Å². The van der Waals surface area contributed by atoms with Crippen LogP contribution >= 0.6 is 15.9 Å². The maximum atomic E-state index is 5.39. The smallest absolute Gasteiger partial charge is 0.165 e. The van der Waals surface area contributed by atoms with Gasteiger partial charge in [-0.3, -0.25) is 0 Å². The summed E-state index contributed by atoms with van der Waals surface area (Å²) in [6.07, 6.45) is 0. The summed E-state index contributed by atoms with van der Waals surface area (Å²) in [6, 6.07) is 7.69. The van der Waals surface area contributed by atoms with Gasteiger partial charge in [-0.2, -0.15) is 0 Å². The third kappa shape index (κ3) is 3.51. The van der Waals surface area contributed by atoms with Gasteiger partial charge in [-0.15, -0.1) is 0 Å². The Kier molecular flexibility index (Phi) is 5.52. The third-order valence-corrected chi connectivity index (χ3v) is 3.73. The lowest BCUT2D eigenvalue weighted by Gasteiger charge is -2.13. The van der Waals surface area contributed by atoms with Crippen LogP contribution in [-0.2, 0) is 11.3 Å². The van der Waals surface area contributed by atoms with Gasteiger partial charge in [-0.05, 0) is 35.0 Å². The zero-order chi connectivity index (χ0) is 15.2. The van der Waals surface area contributed by atoms with E-state index in [1.54, 1.807) is 14.2 Å². The number of benzene rings is 1. The fourth-order valence-corrected chi connectivity index (χ4v) is 2.39. The average molecular weight is 352 g/mol. The van der Waals surface area contributed by atoms with Crippen LogP contribution in [0.15, 0.2) is 28.7 Å². The maximum Gasteiger partial charge on any atom is 0.165 e. The standard InChI is InChI=1S/C15H18BrN3O2/c1-4-17-15-13(16)11(9-20-2)18-14(19-15)10-7-5-6-8-12(10)21-3/h5-8H,4,9H2,1-3H3,(H,17,18,19). The van der Waals surface area contributed by atoms with Gasteiger partial charge in [-0.25, -0.2) is 9.97 Å². The van der Waals surface area contributed by atoms with Crippen LogP contribution in [0.1, 0.15) is 12.6 Å². The number of ether oxygens (including phenoxy) is 2. The molecule has 0 saturated heterocycles. The molecule has 0 aliphatic carbocycles. The van der Waals surface area contributed by atoms with Crippen LogP contribution in [0.3, 0.4) is 0 Å². The predicted octanol–water partition coefficient (Wildman–Crippen LogP) is 3.49. The Hall–Kier alpha value is -1.66. The van der Waals surface area contributed by atoms with Crippen LogP contribution in [0.4, 0.5) is 5.82 Å². The second-order valence-corrected chi connectivity index (χ2v) is 5.11. The molecule has 1 N–H and O–H groups in total. The molecule has 21 heavy (non-hydrogen) atoms. The van der Waals surface area contributed by atoms with E-state index in [0.717, 1.165) is 33.8 Å². The highest BCUT2D eigenvalue weighted by Gasteiger charge is 2.15. The third-order valence-electron chi connectivity index (χ3n) is 2.89. The molecule has 2 rings (SSSR count). The summed E-state index contributed by atoms with van der Waals surface area (Å²) in [7, 11) is 3.28. The Bertz CT molecular complexity index is 593. The van der Waals surface area contributed by atoms with Gasteiger partial charge in [0, 0.05) is 13.7 Å². The van der Waals surface area contributed by atoms with Crippen molar-refractivity contribution in [2.45, 2.75) is 13.5 Å². The summed E-state index contributed by atoms with van der Waals surface area (Å²) < 4.78 is 11.4. The minimum Gasteiger partial charge on any atom is -0.496 e. The van der Waals surface area contributed by atoms with E-state index in [0.29, 0.717) is 12.4 Å². The van der Waals surface area contributed by atoms with Crippen molar-refractivity contribution in [3.8, 4) is 17.1 Å². The molecule has 0 fully saturated rings. The van der Waals surface area contributed by atoms with Crippen LogP contribution in [0, 0.1) is 0 Å². The molecular weight excluding hydrogens is 334 g/mol. The minimum absolute atomic E-state index is 0.406. The normalized spacial score (nSPS) is 10.5. The summed E-state index contributed by atoms with van der Waals surface area (Å²) in [5.41, 5.74) is 1.65. The van der Waals surface area contributed by atoms with Crippen LogP contribution in [0.2, 0.25) is 0 Å². The molecule has 112 valence electrons. The predicted molar refractivity (Wildman–Crippen MR) is 86.6 cm³/mol. The van der Waals surface area contributed by atoms with Gasteiger partial charge in [0.2, 0.25) is 0 Å². The van der Waals surface area contributed by atoms with Gasteiger partial charge in [-0.1, -0.05) is 12.1 Å². The molecule has 6 heteroatoms. The second-order valence-electron chi connectivity index (χ2n) is 4.32. The van der Waals surface area contributed by atoms with E-state index in [-0.39, 0.29) is 0 Å². The van der Waals surface area contributed by atoms with Crippen LogP contribution in [0.25, 0.3) is 11.4 Å². The van der Waals surface area contributed by atoms with Crippen LogP contribution < -0.4 is 10.1 Å². The van der Waals surface area contributed by atoms with E-state index in [9.17, 15) is 0 Å². The molecule has 0 radical (unpaired) electrons. The molecule has 0 bridgehead atoms. The molecule has 0 atom stereocenters. The molecule has 1 aromatic carbocycles. The number of hydrogen-bond acceptors (Lipinski definition) is 5. The van der Waals surface area contributed by atoms with Crippen LogP contribution in [-0.4, -0.2) is 30.7 Å². The van der Waals surface area contributed by atoms with Gasteiger partial charge in [0.25, 0.3) is 0 Å². The first kappa shape index (κ1) is 15.7. The largest absolute Gasteiger partial charge is 0.496 e. The molecule has 0 aliphatic heterocycles. The first-order valence-corrected chi connectivity index (χ1v) is 7.43. The number of hydrogen-bond donors (Lipinski definition) is 1. The van der Waals surface area contributed by atoms with Crippen molar-refractivity contribution < 1.29 is 9.47 Å². The number of nitrogens with zero attached hydrogens (tertiary/aromatic N) is 2. The molecule has 0 unspecified atom stereocenters. The van der Waals surface area contributed by atoms with E-state index in [2.05, 4.69) is 31.2 Å². The maximum absolute atomic E-state index is 5.39. The number of rotatable bonds is 6. The molecule has 0 aliphatic rings.